The van der Waals surface area contributed by atoms with E-state index in [2.05, 4.69) is 6.07 Å². The molecular weight excluding hydrogens is 378 g/mol. The lowest BCUT2D eigenvalue weighted by molar-refractivity contribution is -0.121. The molecule has 0 aromatic heterocycles. The monoisotopic (exact) mass is 399 g/mol. The van der Waals surface area contributed by atoms with Crippen LogP contribution in [0, 0.1) is 13.8 Å². The zero-order chi connectivity index (χ0) is 19.4. The van der Waals surface area contributed by atoms with Crippen molar-refractivity contribution in [2.45, 2.75) is 13.8 Å². The largest absolute Gasteiger partial charge is 0.490 e. The Balaban J connectivity index is 1.57. The van der Waals surface area contributed by atoms with Crippen molar-refractivity contribution in [3.63, 3.8) is 0 Å². The van der Waals surface area contributed by atoms with Crippen LogP contribution >= 0.6 is 24.0 Å². The number of amides is 1. The number of hydrogen-bond acceptors (Lipinski definition) is 5. The molecule has 0 unspecified atom stereocenters. The highest BCUT2D eigenvalue weighted by Gasteiger charge is 2.28. The molecule has 1 aliphatic heterocycles. The van der Waals surface area contributed by atoms with Crippen molar-refractivity contribution in [3.05, 3.63) is 64.1 Å². The average molecular weight is 400 g/mol. The summed E-state index contributed by atoms with van der Waals surface area (Å²) in [6, 6.07) is 13.8. The van der Waals surface area contributed by atoms with Gasteiger partial charge in [-0.15, -0.1) is 0 Å². The quantitative estimate of drug-likeness (QED) is 0.403. The fraction of sp³-hybridized carbons (Fsp3) is 0.238. The second kappa shape index (κ2) is 8.59. The molecule has 1 aliphatic rings. The van der Waals surface area contributed by atoms with Crippen molar-refractivity contribution < 1.29 is 14.3 Å². The number of likely N-dealkylation sites (N-methyl/N-ethyl adjacent to an activating group) is 1. The second-order valence-corrected chi connectivity index (χ2v) is 8.01. The number of carbonyl (C=O) groups is 1. The van der Waals surface area contributed by atoms with Gasteiger partial charge in [0.1, 0.15) is 29.0 Å². The van der Waals surface area contributed by atoms with Gasteiger partial charge in [0.25, 0.3) is 5.91 Å². The normalized spacial score (nSPS) is 15.5. The van der Waals surface area contributed by atoms with E-state index < -0.39 is 0 Å². The van der Waals surface area contributed by atoms with Gasteiger partial charge in [0.05, 0.1) is 4.91 Å². The number of benzene rings is 2. The van der Waals surface area contributed by atoms with Gasteiger partial charge in [-0.2, -0.15) is 0 Å². The molecule has 6 heteroatoms. The van der Waals surface area contributed by atoms with Crippen LogP contribution in [-0.2, 0) is 4.79 Å². The first kappa shape index (κ1) is 19.5. The van der Waals surface area contributed by atoms with E-state index in [4.69, 9.17) is 21.7 Å². The predicted octanol–water partition coefficient (Wildman–Crippen LogP) is 4.59. The minimum Gasteiger partial charge on any atom is -0.490 e. The van der Waals surface area contributed by atoms with Gasteiger partial charge in [-0.1, -0.05) is 42.2 Å². The van der Waals surface area contributed by atoms with Crippen molar-refractivity contribution in [1.29, 1.82) is 0 Å². The smallest absolute Gasteiger partial charge is 0.265 e. The van der Waals surface area contributed by atoms with Gasteiger partial charge in [-0.25, -0.2) is 0 Å². The molecule has 140 valence electrons. The van der Waals surface area contributed by atoms with Gasteiger partial charge in [0.15, 0.2) is 0 Å². The third kappa shape index (κ3) is 5.11. The third-order valence-corrected chi connectivity index (χ3v) is 5.44. The van der Waals surface area contributed by atoms with E-state index in [9.17, 15) is 4.79 Å². The van der Waals surface area contributed by atoms with Gasteiger partial charge in [-0.05, 0) is 60.9 Å². The summed E-state index contributed by atoms with van der Waals surface area (Å²) < 4.78 is 12.1. The molecule has 1 amide bonds. The maximum Gasteiger partial charge on any atom is 0.265 e. The minimum absolute atomic E-state index is 0.0711. The Morgan fingerprint density at radius 1 is 1.04 bits per heavy atom. The van der Waals surface area contributed by atoms with E-state index in [1.807, 2.05) is 56.3 Å². The highest BCUT2D eigenvalue weighted by molar-refractivity contribution is 8.26. The maximum atomic E-state index is 12.1. The topological polar surface area (TPSA) is 38.8 Å². The number of rotatable bonds is 6. The Bertz CT molecular complexity index is 888. The standard InChI is InChI=1S/C21H21NO3S2/c1-14-9-15(2)11-18(10-14)25-8-7-24-17-6-4-5-16(12-17)13-19-20(23)22(3)21(26)27-19/h4-6,9-13H,7-8H2,1-3H3/b19-13-. The summed E-state index contributed by atoms with van der Waals surface area (Å²) in [5.41, 5.74) is 3.25. The first-order valence-electron chi connectivity index (χ1n) is 8.58. The highest BCUT2D eigenvalue weighted by Crippen LogP contribution is 2.31. The molecule has 1 heterocycles. The number of carbonyl (C=O) groups excluding carboxylic acids is 1. The third-order valence-electron chi connectivity index (χ3n) is 3.96. The maximum absolute atomic E-state index is 12.1. The lowest BCUT2D eigenvalue weighted by Gasteiger charge is -2.10. The summed E-state index contributed by atoms with van der Waals surface area (Å²) in [4.78, 5) is 14.2. The molecule has 2 aromatic carbocycles. The average Bonchev–Trinajstić information content (AvgIpc) is 2.85. The molecule has 0 saturated carbocycles. The van der Waals surface area contributed by atoms with Gasteiger partial charge in [0, 0.05) is 7.05 Å². The van der Waals surface area contributed by atoms with E-state index >= 15 is 0 Å². The van der Waals surface area contributed by atoms with E-state index in [-0.39, 0.29) is 5.91 Å². The molecule has 0 bridgehead atoms. The zero-order valence-corrected chi connectivity index (χ0v) is 17.2. The van der Waals surface area contributed by atoms with Crippen molar-refractivity contribution in [2.24, 2.45) is 0 Å². The van der Waals surface area contributed by atoms with Crippen LogP contribution in [0.15, 0.2) is 47.4 Å². The van der Waals surface area contributed by atoms with Crippen LogP contribution in [0.25, 0.3) is 6.08 Å². The lowest BCUT2D eigenvalue weighted by Crippen LogP contribution is -2.22. The van der Waals surface area contributed by atoms with Crippen molar-refractivity contribution >= 4 is 40.3 Å². The Morgan fingerprint density at radius 2 is 1.70 bits per heavy atom. The van der Waals surface area contributed by atoms with E-state index in [1.165, 1.54) is 27.8 Å². The second-order valence-electron chi connectivity index (χ2n) is 6.33. The molecule has 3 rings (SSSR count). The first-order valence-corrected chi connectivity index (χ1v) is 9.80. The molecule has 1 fully saturated rings. The van der Waals surface area contributed by atoms with Crippen LogP contribution in [0.2, 0.25) is 0 Å². The highest BCUT2D eigenvalue weighted by atomic mass is 32.2. The van der Waals surface area contributed by atoms with Crippen LogP contribution in [0.3, 0.4) is 0 Å². The van der Waals surface area contributed by atoms with Crippen LogP contribution in [0.4, 0.5) is 0 Å². The number of thiocarbonyl (C=S) groups is 1. The van der Waals surface area contributed by atoms with Crippen LogP contribution < -0.4 is 9.47 Å². The fourth-order valence-electron chi connectivity index (χ4n) is 2.73. The van der Waals surface area contributed by atoms with E-state index in [1.54, 1.807) is 7.05 Å². The Hall–Kier alpha value is -2.31. The van der Waals surface area contributed by atoms with E-state index in [0.717, 1.165) is 17.1 Å². The molecule has 27 heavy (non-hydrogen) atoms. The summed E-state index contributed by atoms with van der Waals surface area (Å²) in [5.74, 6) is 1.52. The molecule has 0 N–H and O–H groups in total. The summed E-state index contributed by atoms with van der Waals surface area (Å²) in [5, 5.41) is 0. The molecule has 0 spiro atoms. The number of aryl methyl sites for hydroxylation is 2. The molecule has 0 atom stereocenters. The SMILES string of the molecule is Cc1cc(C)cc(OCCOc2cccc(/C=C3\SC(=S)N(C)C3=O)c2)c1. The van der Waals surface area contributed by atoms with Crippen LogP contribution in [-0.4, -0.2) is 35.4 Å². The molecule has 0 aliphatic carbocycles. The Morgan fingerprint density at radius 3 is 2.33 bits per heavy atom. The fourth-order valence-corrected chi connectivity index (χ4v) is 3.91. The number of thioether (sulfide) groups is 1. The summed E-state index contributed by atoms with van der Waals surface area (Å²) >= 11 is 6.47. The molecule has 0 radical (unpaired) electrons. The molecular formula is C21H21NO3S2. The summed E-state index contributed by atoms with van der Waals surface area (Å²) in [6.45, 7) is 5.00. The number of ether oxygens (including phenoxy) is 2. The van der Waals surface area contributed by atoms with Gasteiger partial charge in [0.2, 0.25) is 0 Å². The van der Waals surface area contributed by atoms with Gasteiger partial charge >= 0.3 is 0 Å². The van der Waals surface area contributed by atoms with Gasteiger partial charge in [-0.3, -0.25) is 9.69 Å². The molecule has 2 aromatic rings. The van der Waals surface area contributed by atoms with Crippen molar-refractivity contribution in [1.82, 2.24) is 4.90 Å². The van der Waals surface area contributed by atoms with Gasteiger partial charge < -0.3 is 9.47 Å². The Kier molecular flexibility index (Phi) is 6.19. The molecule has 4 nitrogen and oxygen atoms in total. The van der Waals surface area contributed by atoms with Crippen molar-refractivity contribution in [2.75, 3.05) is 20.3 Å². The Labute approximate surface area is 169 Å². The molecule has 1 saturated heterocycles. The predicted molar refractivity (Wildman–Crippen MR) is 114 cm³/mol. The van der Waals surface area contributed by atoms with Crippen LogP contribution in [0.5, 0.6) is 11.5 Å². The number of hydrogen-bond donors (Lipinski definition) is 0. The van der Waals surface area contributed by atoms with E-state index in [0.29, 0.717) is 22.4 Å². The number of nitrogens with zero attached hydrogens (tertiary/aromatic N) is 1. The van der Waals surface area contributed by atoms with Crippen molar-refractivity contribution in [3.8, 4) is 11.5 Å². The van der Waals surface area contributed by atoms with Crippen LogP contribution in [0.1, 0.15) is 16.7 Å². The zero-order valence-electron chi connectivity index (χ0n) is 15.5. The lowest BCUT2D eigenvalue weighted by atomic mass is 10.1. The minimum atomic E-state index is -0.0711. The first-order chi connectivity index (χ1) is 12.9. The summed E-state index contributed by atoms with van der Waals surface area (Å²) in [7, 11) is 1.69. The summed E-state index contributed by atoms with van der Waals surface area (Å²) in [6.07, 6.45) is 1.84.